The van der Waals surface area contributed by atoms with Crippen molar-refractivity contribution in [2.45, 2.75) is 71.1 Å². The molecule has 22 heavy (non-hydrogen) atoms. The summed E-state index contributed by atoms with van der Waals surface area (Å²) in [6.45, 7) is 3.15. The molecule has 0 unspecified atom stereocenters. The van der Waals surface area contributed by atoms with Crippen molar-refractivity contribution in [3.05, 3.63) is 0 Å². The molecular weight excluding hydrogens is 291 g/mol. The number of unbranched alkanes of at least 4 members (excludes halogenated alkanes) is 8. The van der Waals surface area contributed by atoms with Gasteiger partial charge in [-0.25, -0.2) is 0 Å². The summed E-state index contributed by atoms with van der Waals surface area (Å²) in [4.78, 5) is 21.7. The quantitative estimate of drug-likeness (QED) is 0.319. The Morgan fingerprint density at radius 2 is 1.41 bits per heavy atom. The first-order valence-corrected chi connectivity index (χ1v) is 8.36. The van der Waals surface area contributed by atoms with Gasteiger partial charge in [-0.05, 0) is 6.42 Å². The van der Waals surface area contributed by atoms with Crippen molar-refractivity contribution in [2.24, 2.45) is 0 Å². The Morgan fingerprint density at radius 1 is 0.864 bits per heavy atom. The molecule has 6 heteroatoms. The number of amides is 1. The van der Waals surface area contributed by atoms with Crippen LogP contribution in [0.3, 0.4) is 0 Å². The van der Waals surface area contributed by atoms with Crippen LogP contribution in [-0.4, -0.2) is 66.2 Å². The third kappa shape index (κ3) is 19.9. The van der Waals surface area contributed by atoms with Crippen LogP contribution in [0.5, 0.6) is 0 Å². The molecule has 0 aromatic heterocycles. The van der Waals surface area contributed by atoms with Gasteiger partial charge >= 0.3 is 5.97 Å². The van der Waals surface area contributed by atoms with Gasteiger partial charge in [0.2, 0.25) is 5.91 Å². The van der Waals surface area contributed by atoms with Crippen molar-refractivity contribution < 1.29 is 14.7 Å². The predicted octanol–water partition coefficient (Wildman–Crippen LogP) is 2.32. The summed E-state index contributed by atoms with van der Waals surface area (Å²) in [5.41, 5.74) is 0. The fraction of sp³-hybridized carbons (Fsp3) is 0.875. The van der Waals surface area contributed by atoms with Crippen molar-refractivity contribution in [3.8, 4) is 0 Å². The zero-order valence-electron chi connectivity index (χ0n) is 14.5. The van der Waals surface area contributed by atoms with Gasteiger partial charge in [-0.1, -0.05) is 58.3 Å². The fourth-order valence-corrected chi connectivity index (χ4v) is 2.17. The van der Waals surface area contributed by atoms with Crippen molar-refractivity contribution >= 4 is 41.4 Å². The molecule has 0 bridgehead atoms. The molecule has 0 aliphatic carbocycles. The molecule has 0 aromatic rings. The maximum Gasteiger partial charge on any atom is 0.317 e. The van der Waals surface area contributed by atoms with Gasteiger partial charge in [0.05, 0.1) is 6.54 Å². The Bertz CT molecular complexity index is 276. The van der Waals surface area contributed by atoms with Gasteiger partial charge in [0, 0.05) is 49.1 Å². The molecule has 0 atom stereocenters. The van der Waals surface area contributed by atoms with E-state index in [1.807, 2.05) is 0 Å². The van der Waals surface area contributed by atoms with E-state index in [0.717, 1.165) is 12.8 Å². The summed E-state index contributed by atoms with van der Waals surface area (Å²) in [6.07, 6.45) is 11.8. The Balaban J connectivity index is 0. The first kappa shape index (κ1) is 24.2. The third-order valence-electron chi connectivity index (χ3n) is 3.41. The van der Waals surface area contributed by atoms with E-state index in [4.69, 9.17) is 5.11 Å². The van der Waals surface area contributed by atoms with Crippen LogP contribution in [-0.2, 0) is 9.59 Å². The van der Waals surface area contributed by atoms with Crippen LogP contribution in [0.4, 0.5) is 0 Å². The van der Waals surface area contributed by atoms with E-state index in [-0.39, 0.29) is 42.0 Å². The number of nitrogens with one attached hydrogen (secondary N) is 2. The van der Waals surface area contributed by atoms with E-state index < -0.39 is 5.97 Å². The Labute approximate surface area is 157 Å². The summed E-state index contributed by atoms with van der Waals surface area (Å²) in [7, 11) is 0. The van der Waals surface area contributed by atoms with Crippen molar-refractivity contribution in [2.75, 3.05) is 19.6 Å². The number of carboxylic acid groups (broad SMARTS) is 1. The van der Waals surface area contributed by atoms with Gasteiger partial charge in [0.1, 0.15) is 0 Å². The Kier molecular flexibility index (Phi) is 20.8. The van der Waals surface area contributed by atoms with Gasteiger partial charge < -0.3 is 15.7 Å². The molecule has 125 valence electrons. The molecule has 0 aliphatic rings. The largest absolute Gasteiger partial charge is 0.480 e. The molecule has 0 aliphatic heterocycles. The second-order valence-electron chi connectivity index (χ2n) is 5.50. The molecule has 1 radical (unpaired) electrons. The minimum atomic E-state index is -0.879. The number of carboxylic acids is 1. The van der Waals surface area contributed by atoms with Crippen molar-refractivity contribution in [1.82, 2.24) is 10.6 Å². The van der Waals surface area contributed by atoms with Gasteiger partial charge in [0.25, 0.3) is 0 Å². The van der Waals surface area contributed by atoms with Crippen molar-refractivity contribution in [3.63, 3.8) is 0 Å². The third-order valence-corrected chi connectivity index (χ3v) is 3.41. The first-order chi connectivity index (χ1) is 10.2. The summed E-state index contributed by atoms with van der Waals surface area (Å²) < 4.78 is 0. The molecular formula is C16H32N2NaO3. The van der Waals surface area contributed by atoms with Crippen LogP contribution in [0.25, 0.3) is 0 Å². The van der Waals surface area contributed by atoms with Crippen LogP contribution < -0.4 is 10.6 Å². The number of carbonyl (C=O) groups excluding carboxylic acids is 1. The van der Waals surface area contributed by atoms with Gasteiger partial charge in [0.15, 0.2) is 0 Å². The van der Waals surface area contributed by atoms with E-state index in [9.17, 15) is 9.59 Å². The Morgan fingerprint density at radius 3 is 1.95 bits per heavy atom. The molecule has 0 fully saturated rings. The minimum Gasteiger partial charge on any atom is -0.480 e. The molecule has 0 saturated heterocycles. The molecule has 0 rings (SSSR count). The normalized spacial score (nSPS) is 10.0. The summed E-state index contributed by atoms with van der Waals surface area (Å²) in [5.74, 6) is -0.814. The first-order valence-electron chi connectivity index (χ1n) is 8.36. The number of hydrogen-bond donors (Lipinski definition) is 3. The Hall–Kier alpha value is -0.100. The fourth-order valence-electron chi connectivity index (χ4n) is 2.17. The number of rotatable bonds is 15. The monoisotopic (exact) mass is 323 g/mol. The smallest absolute Gasteiger partial charge is 0.317 e. The van der Waals surface area contributed by atoms with E-state index in [1.165, 1.54) is 44.9 Å². The molecule has 0 aromatic carbocycles. The van der Waals surface area contributed by atoms with Crippen LogP contribution in [0, 0.1) is 0 Å². The van der Waals surface area contributed by atoms with Crippen LogP contribution in [0.1, 0.15) is 71.1 Å². The van der Waals surface area contributed by atoms with Gasteiger partial charge in [-0.15, -0.1) is 0 Å². The molecule has 3 N–H and O–H groups in total. The van der Waals surface area contributed by atoms with Gasteiger partial charge in [-0.3, -0.25) is 9.59 Å². The minimum absolute atomic E-state index is 0. The second kappa shape index (κ2) is 18.9. The van der Waals surface area contributed by atoms with Crippen LogP contribution in [0.2, 0.25) is 0 Å². The van der Waals surface area contributed by atoms with E-state index >= 15 is 0 Å². The SMILES string of the molecule is CCCCCCCCCCCC(=O)NCCNCC(=O)O.[Na]. The van der Waals surface area contributed by atoms with E-state index in [1.54, 1.807) is 0 Å². The van der Waals surface area contributed by atoms with E-state index in [0.29, 0.717) is 19.5 Å². The summed E-state index contributed by atoms with van der Waals surface area (Å²) in [5, 5.41) is 13.9. The zero-order valence-corrected chi connectivity index (χ0v) is 16.5. The van der Waals surface area contributed by atoms with Crippen LogP contribution in [0.15, 0.2) is 0 Å². The maximum absolute atomic E-state index is 11.5. The predicted molar refractivity (Wildman–Crippen MR) is 91.1 cm³/mol. The molecule has 1 amide bonds. The molecule has 0 heterocycles. The topological polar surface area (TPSA) is 78.4 Å². The number of aliphatic carboxylic acids is 1. The molecule has 0 saturated carbocycles. The average Bonchev–Trinajstić information content (AvgIpc) is 2.45. The number of carbonyl (C=O) groups is 2. The maximum atomic E-state index is 11.5. The van der Waals surface area contributed by atoms with E-state index in [2.05, 4.69) is 17.6 Å². The summed E-state index contributed by atoms with van der Waals surface area (Å²) >= 11 is 0. The second-order valence-corrected chi connectivity index (χ2v) is 5.50. The molecule has 5 nitrogen and oxygen atoms in total. The number of hydrogen-bond acceptors (Lipinski definition) is 3. The molecule has 0 spiro atoms. The van der Waals surface area contributed by atoms with Crippen molar-refractivity contribution in [1.29, 1.82) is 0 Å². The van der Waals surface area contributed by atoms with Crippen LogP contribution >= 0.6 is 0 Å². The zero-order chi connectivity index (χ0) is 15.8. The summed E-state index contributed by atoms with van der Waals surface area (Å²) in [6, 6.07) is 0. The average molecular weight is 323 g/mol. The standard InChI is InChI=1S/C16H32N2O3.Na/c1-2-3-4-5-6-7-8-9-10-11-15(19)18-13-12-17-14-16(20)21;/h17H,2-14H2,1H3,(H,18,19)(H,20,21);. The van der Waals surface area contributed by atoms with Gasteiger partial charge in [-0.2, -0.15) is 0 Å².